The minimum atomic E-state index is 0. The summed E-state index contributed by atoms with van der Waals surface area (Å²) in [6.07, 6.45) is 1.06. The monoisotopic (exact) mass is 264 g/mol. The first-order valence-electron chi connectivity index (χ1n) is 3.47. The van der Waals surface area contributed by atoms with Gasteiger partial charge in [0, 0.05) is 6.54 Å². The van der Waals surface area contributed by atoms with Gasteiger partial charge in [-0.15, -0.1) is 0 Å². The molecular weight excluding hydrogens is 251 g/mol. The molecule has 0 saturated carbocycles. The Kier molecular flexibility index (Phi) is 6.49. The van der Waals surface area contributed by atoms with E-state index in [1.807, 2.05) is 6.07 Å². The van der Waals surface area contributed by atoms with Crippen LogP contribution in [0.25, 0.3) is 0 Å². The molecule has 0 saturated heterocycles. The average Bonchev–Trinajstić information content (AvgIpc) is 2.03. The van der Waals surface area contributed by atoms with Crippen LogP contribution in [0.2, 0.25) is 0 Å². The number of hydrogen-bond acceptors (Lipinski definition) is 1. The molecule has 0 aliphatic carbocycles. The lowest BCUT2D eigenvalue weighted by atomic mass is 10.2. The van der Waals surface area contributed by atoms with Gasteiger partial charge in [0.15, 0.2) is 0 Å². The molecule has 1 rings (SSSR count). The van der Waals surface area contributed by atoms with Gasteiger partial charge in [0.1, 0.15) is 0 Å². The Balaban J connectivity index is 0.000001000. The Morgan fingerprint density at radius 1 is 1.18 bits per heavy atom. The lowest BCUT2D eigenvalue weighted by molar-refractivity contribution is -0.442. The first-order valence-corrected chi connectivity index (χ1v) is 3.47. The summed E-state index contributed by atoms with van der Waals surface area (Å²) in [7, 11) is 0. The van der Waals surface area contributed by atoms with E-state index >= 15 is 0 Å². The van der Waals surface area contributed by atoms with E-state index in [1.165, 1.54) is 5.56 Å². The molecule has 0 amide bonds. The maximum atomic E-state index is 3.55. The van der Waals surface area contributed by atoms with Crippen LogP contribution in [0.15, 0.2) is 30.3 Å². The smallest absolute Gasteiger partial charge is 0.0483 e. The molecule has 0 fully saturated rings. The molecule has 1 aromatic carbocycles. The molecule has 0 spiro atoms. The van der Waals surface area contributed by atoms with Crippen molar-refractivity contribution in [3.63, 3.8) is 0 Å². The fourth-order valence-electron chi connectivity index (χ4n) is 0.877. The van der Waals surface area contributed by atoms with E-state index in [0.29, 0.717) is 0 Å². The van der Waals surface area contributed by atoms with Gasteiger partial charge in [-0.2, -0.15) is 5.43 Å². The Labute approximate surface area is 84.2 Å². The average molecular weight is 264 g/mol. The molecule has 0 radical (unpaired) electrons. The van der Waals surface area contributed by atoms with Gasteiger partial charge < -0.3 is 24.0 Å². The van der Waals surface area contributed by atoms with Crippen molar-refractivity contribution in [2.75, 3.05) is 6.54 Å². The predicted octanol–water partition coefficient (Wildman–Crippen LogP) is -3.02. The maximum Gasteiger partial charge on any atom is 0.0483 e. The van der Waals surface area contributed by atoms with E-state index in [-0.39, 0.29) is 24.0 Å². The molecule has 0 aliphatic heterocycles. The first kappa shape index (κ1) is 10.9. The topological polar surface area (TPSA) is 39.7 Å². The van der Waals surface area contributed by atoms with E-state index in [1.54, 1.807) is 0 Å². The van der Waals surface area contributed by atoms with Crippen LogP contribution in [0.4, 0.5) is 0 Å². The van der Waals surface area contributed by atoms with Gasteiger partial charge >= 0.3 is 0 Å². The van der Waals surface area contributed by atoms with Gasteiger partial charge in [0.2, 0.25) is 0 Å². The zero-order chi connectivity index (χ0) is 7.23. The van der Waals surface area contributed by atoms with Gasteiger partial charge in [-0.3, -0.25) is 5.84 Å². The molecule has 0 bridgehead atoms. The van der Waals surface area contributed by atoms with Crippen LogP contribution in [-0.2, 0) is 6.42 Å². The molecule has 0 heterocycles. The van der Waals surface area contributed by atoms with Crippen LogP contribution in [0, 0.1) is 0 Å². The van der Waals surface area contributed by atoms with Crippen molar-refractivity contribution in [2.45, 2.75) is 6.42 Å². The second-order valence-corrected chi connectivity index (χ2v) is 2.24. The number of benzene rings is 1. The summed E-state index contributed by atoms with van der Waals surface area (Å²) in [5.41, 5.74) is 4.23. The number of rotatable bonds is 3. The number of halogens is 1. The second kappa shape index (κ2) is 6.57. The van der Waals surface area contributed by atoms with Gasteiger partial charge in [-0.25, -0.2) is 0 Å². The highest BCUT2D eigenvalue weighted by Gasteiger charge is 1.88. The van der Waals surface area contributed by atoms with Crippen LogP contribution >= 0.6 is 0 Å². The zero-order valence-electron chi connectivity index (χ0n) is 6.39. The molecule has 2 nitrogen and oxygen atoms in total. The summed E-state index contributed by atoms with van der Waals surface area (Å²) in [4.78, 5) is 0. The number of nitrogens with one attached hydrogen (secondary N) is 1. The van der Waals surface area contributed by atoms with Crippen molar-refractivity contribution in [1.29, 1.82) is 0 Å². The number of quaternary nitrogens is 1. The minimum absolute atomic E-state index is 0. The molecule has 0 atom stereocenters. The van der Waals surface area contributed by atoms with Crippen molar-refractivity contribution in [3.8, 4) is 0 Å². The lowest BCUT2D eigenvalue weighted by Gasteiger charge is -1.96. The molecule has 0 aromatic heterocycles. The summed E-state index contributed by atoms with van der Waals surface area (Å²) in [5, 5.41) is 0. The summed E-state index contributed by atoms with van der Waals surface area (Å²) in [6, 6.07) is 10.4. The van der Waals surface area contributed by atoms with Crippen molar-refractivity contribution in [3.05, 3.63) is 35.9 Å². The Morgan fingerprint density at radius 2 is 1.82 bits per heavy atom. The van der Waals surface area contributed by atoms with Crippen LogP contribution < -0.4 is 35.2 Å². The fourth-order valence-corrected chi connectivity index (χ4v) is 0.877. The molecule has 1 aromatic rings. The van der Waals surface area contributed by atoms with Crippen LogP contribution in [0.1, 0.15) is 5.56 Å². The number of hydrogen-bond donors (Lipinski definition) is 2. The molecule has 4 N–H and O–H groups in total. The molecule has 11 heavy (non-hydrogen) atoms. The van der Waals surface area contributed by atoms with Gasteiger partial charge in [0.05, 0.1) is 0 Å². The summed E-state index contributed by atoms with van der Waals surface area (Å²) < 4.78 is 0. The molecule has 0 aliphatic rings. The quantitative estimate of drug-likeness (QED) is 0.443. The standard InChI is InChI=1S/C8H12N2.HI/c9-10-7-6-8-4-2-1-3-5-8;/h1-5,10H,6-7,9H2;1H. The Hall–Kier alpha value is -0.130. The highest BCUT2D eigenvalue weighted by atomic mass is 127. The van der Waals surface area contributed by atoms with Crippen LogP contribution in [-0.4, -0.2) is 6.54 Å². The van der Waals surface area contributed by atoms with Crippen molar-refractivity contribution >= 4 is 0 Å². The van der Waals surface area contributed by atoms with Crippen molar-refractivity contribution < 1.29 is 29.8 Å². The van der Waals surface area contributed by atoms with Crippen molar-refractivity contribution in [2.24, 2.45) is 0 Å². The third-order valence-corrected chi connectivity index (χ3v) is 1.43. The van der Waals surface area contributed by atoms with Crippen LogP contribution in [0.3, 0.4) is 0 Å². The summed E-state index contributed by atoms with van der Waals surface area (Å²) >= 11 is 0. The van der Waals surface area contributed by atoms with E-state index in [9.17, 15) is 0 Å². The van der Waals surface area contributed by atoms with E-state index in [0.717, 1.165) is 13.0 Å². The SMILES string of the molecule is [I-].[NH3+]NCCc1ccccc1. The summed E-state index contributed by atoms with van der Waals surface area (Å²) in [5.74, 6) is 3.55. The van der Waals surface area contributed by atoms with Crippen molar-refractivity contribution in [1.82, 2.24) is 5.43 Å². The van der Waals surface area contributed by atoms with Gasteiger partial charge in [-0.1, -0.05) is 30.3 Å². The minimum Gasteiger partial charge on any atom is -1.00 e. The molecule has 3 heteroatoms. The predicted molar refractivity (Wildman–Crippen MR) is 41.0 cm³/mol. The highest BCUT2D eigenvalue weighted by Crippen LogP contribution is 1.97. The summed E-state index contributed by atoms with van der Waals surface area (Å²) in [6.45, 7) is 0.948. The van der Waals surface area contributed by atoms with Gasteiger partial charge in [-0.05, 0) is 12.0 Å². The molecule has 0 unspecified atom stereocenters. The molecular formula is C8H13IN2. The third-order valence-electron chi connectivity index (χ3n) is 1.43. The maximum absolute atomic E-state index is 3.55. The largest absolute Gasteiger partial charge is 1.00 e. The Bertz CT molecular complexity index is 177. The van der Waals surface area contributed by atoms with Crippen LogP contribution in [0.5, 0.6) is 0 Å². The Morgan fingerprint density at radius 3 is 2.36 bits per heavy atom. The zero-order valence-corrected chi connectivity index (χ0v) is 8.54. The lowest BCUT2D eigenvalue weighted by Crippen LogP contribution is -3.00. The third kappa shape index (κ3) is 4.34. The van der Waals surface area contributed by atoms with E-state index in [4.69, 9.17) is 0 Å². The molecule has 62 valence electrons. The van der Waals surface area contributed by atoms with Gasteiger partial charge in [0.25, 0.3) is 0 Å². The fraction of sp³-hybridized carbons (Fsp3) is 0.250. The van der Waals surface area contributed by atoms with E-state index in [2.05, 4.69) is 35.5 Å². The normalized spacial score (nSPS) is 8.82. The highest BCUT2D eigenvalue weighted by molar-refractivity contribution is 5.14. The van der Waals surface area contributed by atoms with E-state index < -0.39 is 0 Å². The second-order valence-electron chi connectivity index (χ2n) is 2.24. The first-order chi connectivity index (χ1) is 4.93.